The lowest BCUT2D eigenvalue weighted by molar-refractivity contribution is 0.0940. The van der Waals surface area contributed by atoms with Gasteiger partial charge in [-0.05, 0) is 39.2 Å². The minimum Gasteiger partial charge on any atom is -0.432 e. The number of aromatic nitrogens is 1. The first kappa shape index (κ1) is 18.1. The molecule has 0 fully saturated rings. The van der Waals surface area contributed by atoms with Gasteiger partial charge in [-0.15, -0.1) is 0 Å². The molecule has 8 heteroatoms. The van der Waals surface area contributed by atoms with Gasteiger partial charge in [-0.1, -0.05) is 6.07 Å². The zero-order valence-corrected chi connectivity index (χ0v) is 14.4. The first-order chi connectivity index (χ1) is 12.4. The van der Waals surface area contributed by atoms with Gasteiger partial charge in [0, 0.05) is 6.54 Å². The Morgan fingerprint density at radius 2 is 2.04 bits per heavy atom. The van der Waals surface area contributed by atoms with Crippen molar-refractivity contribution in [3.63, 3.8) is 0 Å². The van der Waals surface area contributed by atoms with Crippen LogP contribution in [0.4, 0.5) is 8.78 Å². The zero-order valence-electron chi connectivity index (χ0n) is 14.4. The van der Waals surface area contributed by atoms with Crippen molar-refractivity contribution in [1.29, 1.82) is 0 Å². The van der Waals surface area contributed by atoms with Crippen LogP contribution in [-0.4, -0.2) is 54.3 Å². The molecule has 3 rings (SSSR count). The van der Waals surface area contributed by atoms with Crippen molar-refractivity contribution in [2.75, 3.05) is 27.2 Å². The van der Waals surface area contributed by atoms with Crippen molar-refractivity contribution < 1.29 is 22.8 Å². The van der Waals surface area contributed by atoms with E-state index in [1.165, 1.54) is 12.1 Å². The van der Waals surface area contributed by atoms with E-state index in [1.54, 1.807) is 0 Å². The van der Waals surface area contributed by atoms with Gasteiger partial charge >= 0.3 is 0 Å². The highest BCUT2D eigenvalue weighted by atomic mass is 19.2. The molecule has 0 N–H and O–H groups in total. The summed E-state index contributed by atoms with van der Waals surface area (Å²) < 4.78 is 32.6. The molecular formula is C18H17F2N3O3. The molecule has 0 saturated heterocycles. The summed E-state index contributed by atoms with van der Waals surface area (Å²) in [5.41, 5.74) is -0.337. The van der Waals surface area contributed by atoms with Gasteiger partial charge in [0.15, 0.2) is 17.3 Å². The summed E-state index contributed by atoms with van der Waals surface area (Å²) in [5, 5.41) is 0. The molecule has 0 atom stereocenters. The van der Waals surface area contributed by atoms with Crippen LogP contribution in [0.15, 0.2) is 27.6 Å². The van der Waals surface area contributed by atoms with Gasteiger partial charge in [0.1, 0.15) is 0 Å². The molecule has 2 aromatic rings. The molecule has 0 radical (unpaired) electrons. The average Bonchev–Trinajstić information content (AvgIpc) is 3.04. The number of halogens is 2. The van der Waals surface area contributed by atoms with Gasteiger partial charge in [-0.2, -0.15) is 0 Å². The van der Waals surface area contributed by atoms with Crippen molar-refractivity contribution in [2.24, 2.45) is 4.99 Å². The number of carbonyl (C=O) groups excluding carboxylic acids is 2. The number of ketones is 2. The van der Waals surface area contributed by atoms with E-state index in [2.05, 4.69) is 9.98 Å². The molecule has 1 aliphatic carbocycles. The van der Waals surface area contributed by atoms with E-state index in [0.717, 1.165) is 19.0 Å². The second kappa shape index (κ2) is 7.25. The molecule has 1 aromatic heterocycles. The Kier molecular flexibility index (Phi) is 5.03. The summed E-state index contributed by atoms with van der Waals surface area (Å²) in [6, 6.07) is 3.51. The maximum Gasteiger partial charge on any atom is 0.230 e. The number of oxazole rings is 1. The Morgan fingerprint density at radius 1 is 1.27 bits per heavy atom. The third-order valence-electron chi connectivity index (χ3n) is 3.93. The third-order valence-corrected chi connectivity index (χ3v) is 3.93. The number of nitrogens with zero attached hydrogens (tertiary/aromatic N) is 3. The number of fused-ring (bicyclic) bond motifs is 1. The van der Waals surface area contributed by atoms with E-state index in [9.17, 15) is 18.4 Å². The predicted octanol–water partition coefficient (Wildman–Crippen LogP) is 2.78. The number of Topliss-reactive ketones (excluding diaryl/α,β-unsaturated/α-hetero) is 2. The van der Waals surface area contributed by atoms with Crippen LogP contribution in [0, 0.1) is 11.6 Å². The van der Waals surface area contributed by atoms with E-state index in [1.807, 2.05) is 19.0 Å². The molecule has 1 aromatic carbocycles. The van der Waals surface area contributed by atoms with Crippen LogP contribution < -0.4 is 0 Å². The topological polar surface area (TPSA) is 75.8 Å². The fourth-order valence-electron chi connectivity index (χ4n) is 2.63. The van der Waals surface area contributed by atoms with Crippen LogP contribution in [0.25, 0.3) is 11.5 Å². The quantitative estimate of drug-likeness (QED) is 0.766. The number of carbonyl (C=O) groups is 2. The first-order valence-electron chi connectivity index (χ1n) is 8.09. The fourth-order valence-corrected chi connectivity index (χ4v) is 2.63. The molecule has 1 heterocycles. The van der Waals surface area contributed by atoms with Gasteiger partial charge in [-0.25, -0.2) is 13.8 Å². The van der Waals surface area contributed by atoms with Gasteiger partial charge in [0.05, 0.1) is 17.7 Å². The summed E-state index contributed by atoms with van der Waals surface area (Å²) in [6.45, 7) is 1.21. The number of aliphatic imine (C=N–C) groups is 1. The Balaban J connectivity index is 1.89. The van der Waals surface area contributed by atoms with E-state index >= 15 is 0 Å². The molecule has 26 heavy (non-hydrogen) atoms. The standard InChI is InChI=1S/C18H17F2N3O3/c1-23(2)8-4-7-21-12-9-13(24)17-15(16(12)25)22-18(26-17)10-5-3-6-11(19)14(10)20/h3,5-6H,4,7-9H2,1-2H3. The Morgan fingerprint density at radius 3 is 2.77 bits per heavy atom. The highest BCUT2D eigenvalue weighted by molar-refractivity contribution is 6.52. The zero-order chi connectivity index (χ0) is 18.8. The normalized spacial score (nSPS) is 15.8. The second-order valence-corrected chi connectivity index (χ2v) is 6.21. The van der Waals surface area contributed by atoms with Gasteiger partial charge in [0.25, 0.3) is 0 Å². The van der Waals surface area contributed by atoms with Crippen molar-refractivity contribution in [1.82, 2.24) is 9.88 Å². The maximum atomic E-state index is 13.9. The van der Waals surface area contributed by atoms with E-state index < -0.39 is 23.2 Å². The van der Waals surface area contributed by atoms with Crippen LogP contribution in [0.2, 0.25) is 0 Å². The summed E-state index contributed by atoms with van der Waals surface area (Å²) in [6.07, 6.45) is 0.553. The SMILES string of the molecule is CN(C)CCCN=C1CC(=O)c2oc(-c3cccc(F)c3F)nc2C1=O. The van der Waals surface area contributed by atoms with Crippen molar-refractivity contribution in [3.8, 4) is 11.5 Å². The summed E-state index contributed by atoms with van der Waals surface area (Å²) in [5.74, 6) is -3.73. The van der Waals surface area contributed by atoms with Crippen LogP contribution in [-0.2, 0) is 0 Å². The number of benzene rings is 1. The van der Waals surface area contributed by atoms with Crippen molar-refractivity contribution in [2.45, 2.75) is 12.8 Å². The molecule has 0 bridgehead atoms. The fraction of sp³-hybridized carbons (Fsp3) is 0.333. The highest BCUT2D eigenvalue weighted by Crippen LogP contribution is 2.29. The van der Waals surface area contributed by atoms with Crippen LogP contribution in [0.3, 0.4) is 0 Å². The summed E-state index contributed by atoms with van der Waals surface area (Å²) >= 11 is 0. The van der Waals surface area contributed by atoms with E-state index in [4.69, 9.17) is 4.42 Å². The molecule has 136 valence electrons. The molecule has 1 aliphatic rings. The van der Waals surface area contributed by atoms with Crippen LogP contribution in [0.1, 0.15) is 33.9 Å². The molecule has 0 unspecified atom stereocenters. The maximum absolute atomic E-state index is 13.9. The highest BCUT2D eigenvalue weighted by Gasteiger charge is 2.35. The first-order valence-corrected chi connectivity index (χ1v) is 8.09. The van der Waals surface area contributed by atoms with Crippen LogP contribution in [0.5, 0.6) is 0 Å². The molecular weight excluding hydrogens is 344 g/mol. The minimum absolute atomic E-state index is 0.112. The smallest absolute Gasteiger partial charge is 0.230 e. The van der Waals surface area contributed by atoms with E-state index in [-0.39, 0.29) is 35.0 Å². The lowest BCUT2D eigenvalue weighted by Gasteiger charge is -2.10. The lowest BCUT2D eigenvalue weighted by Crippen LogP contribution is -2.27. The largest absolute Gasteiger partial charge is 0.432 e. The van der Waals surface area contributed by atoms with Gasteiger partial charge in [-0.3, -0.25) is 14.6 Å². The number of hydrogen-bond donors (Lipinski definition) is 0. The van der Waals surface area contributed by atoms with Crippen molar-refractivity contribution >= 4 is 17.3 Å². The number of hydrogen-bond acceptors (Lipinski definition) is 6. The summed E-state index contributed by atoms with van der Waals surface area (Å²) in [7, 11) is 3.86. The molecule has 0 aliphatic heterocycles. The second-order valence-electron chi connectivity index (χ2n) is 6.21. The van der Waals surface area contributed by atoms with Crippen molar-refractivity contribution in [3.05, 3.63) is 41.3 Å². The molecule has 0 saturated carbocycles. The lowest BCUT2D eigenvalue weighted by atomic mass is 9.97. The Hall–Kier alpha value is -2.74. The third kappa shape index (κ3) is 3.45. The molecule has 6 nitrogen and oxygen atoms in total. The number of rotatable bonds is 5. The van der Waals surface area contributed by atoms with Gasteiger partial charge < -0.3 is 9.32 Å². The monoisotopic (exact) mass is 361 g/mol. The Labute approximate surface area is 148 Å². The van der Waals surface area contributed by atoms with E-state index in [0.29, 0.717) is 6.54 Å². The summed E-state index contributed by atoms with van der Waals surface area (Å²) in [4.78, 5) is 34.9. The Bertz CT molecular complexity index is 903. The molecule has 0 spiro atoms. The average molecular weight is 361 g/mol. The molecule has 0 amide bonds. The van der Waals surface area contributed by atoms with Gasteiger partial charge in [0.2, 0.25) is 23.2 Å². The predicted molar refractivity (Wildman–Crippen MR) is 90.6 cm³/mol. The van der Waals surface area contributed by atoms with Crippen LogP contribution >= 0.6 is 0 Å². The minimum atomic E-state index is -1.15.